The second-order valence-corrected chi connectivity index (χ2v) is 7.79. The lowest BCUT2D eigenvalue weighted by Gasteiger charge is -2.11. The predicted octanol–water partition coefficient (Wildman–Crippen LogP) is 2.92. The molecular weight excluding hydrogens is 426 g/mol. The minimum Gasteiger partial charge on any atom is -0.348 e. The molecule has 0 saturated heterocycles. The van der Waals surface area contributed by atoms with Gasteiger partial charge in [-0.05, 0) is 35.4 Å². The molecule has 0 spiro atoms. The summed E-state index contributed by atoms with van der Waals surface area (Å²) in [5.41, 5.74) is -0.919. The predicted molar refractivity (Wildman–Crippen MR) is 103 cm³/mol. The van der Waals surface area contributed by atoms with Crippen LogP contribution >= 0.6 is 0 Å². The molecule has 2 aromatic rings. The summed E-state index contributed by atoms with van der Waals surface area (Å²) >= 11 is 0. The second kappa shape index (κ2) is 8.96. The van der Waals surface area contributed by atoms with Gasteiger partial charge < -0.3 is 5.32 Å². The average Bonchev–Trinajstić information content (AvgIpc) is 2.65. The maximum Gasteiger partial charge on any atom is 0.433 e. The molecule has 0 unspecified atom stereocenters. The molecule has 0 fully saturated rings. The van der Waals surface area contributed by atoms with E-state index in [4.69, 9.17) is 6.42 Å². The van der Waals surface area contributed by atoms with Crippen molar-refractivity contribution in [3.63, 3.8) is 0 Å². The number of nitrogens with zero attached hydrogens (tertiary/aromatic N) is 1. The minimum atomic E-state index is -4.56. The number of halogens is 4. The number of hydrogen-bond donors (Lipinski definition) is 2. The molecule has 6 nitrogen and oxygen atoms in total. The van der Waals surface area contributed by atoms with E-state index in [1.54, 1.807) is 0 Å². The largest absolute Gasteiger partial charge is 0.433 e. The number of nitrogens with one attached hydrogen (secondary N) is 2. The van der Waals surface area contributed by atoms with Crippen LogP contribution < -0.4 is 10.0 Å². The highest BCUT2D eigenvalue weighted by Gasteiger charge is 2.31. The van der Waals surface area contributed by atoms with Crippen LogP contribution in [0.5, 0.6) is 0 Å². The summed E-state index contributed by atoms with van der Waals surface area (Å²) in [5.74, 6) is 0.656. The van der Waals surface area contributed by atoms with E-state index in [9.17, 15) is 30.8 Å². The van der Waals surface area contributed by atoms with Gasteiger partial charge in [-0.1, -0.05) is 12.0 Å². The van der Waals surface area contributed by atoms with Gasteiger partial charge in [-0.2, -0.15) is 13.2 Å². The van der Waals surface area contributed by atoms with Gasteiger partial charge in [0.25, 0.3) is 0 Å². The van der Waals surface area contributed by atoms with Crippen molar-refractivity contribution >= 4 is 27.7 Å². The molecule has 0 atom stereocenters. The number of sulfonamides is 1. The van der Waals surface area contributed by atoms with Crippen molar-refractivity contribution in [3.05, 3.63) is 64.7 Å². The van der Waals surface area contributed by atoms with Crippen molar-refractivity contribution in [2.45, 2.75) is 12.7 Å². The van der Waals surface area contributed by atoms with E-state index in [0.717, 1.165) is 36.7 Å². The molecule has 0 radical (unpaired) electrons. The Balaban J connectivity index is 2.05. The molecule has 2 rings (SSSR count). The van der Waals surface area contributed by atoms with Gasteiger partial charge in [-0.3, -0.25) is 14.5 Å². The summed E-state index contributed by atoms with van der Waals surface area (Å²) in [6.45, 7) is -0.126. The smallest absolute Gasteiger partial charge is 0.348 e. The van der Waals surface area contributed by atoms with E-state index in [1.165, 1.54) is 12.1 Å². The minimum absolute atomic E-state index is 0.0453. The van der Waals surface area contributed by atoms with Gasteiger partial charge in [0.05, 0.1) is 17.5 Å². The Kier molecular flexibility index (Phi) is 6.84. The first-order valence-electron chi connectivity index (χ1n) is 8.15. The number of benzene rings is 1. The van der Waals surface area contributed by atoms with Gasteiger partial charge in [-0.25, -0.2) is 12.8 Å². The number of anilines is 1. The first kappa shape index (κ1) is 22.9. The average molecular weight is 441 g/mol. The molecule has 1 amide bonds. The fraction of sp³-hybridized carbons (Fsp3) is 0.158. The van der Waals surface area contributed by atoms with E-state index >= 15 is 0 Å². The standard InChI is InChI=1S/C19H15F4N3O3S/c1-3-14-8-13(9-15(20)18(14)26-30(2,28)29)11-25-17(27)7-5-12-4-6-16(24-10-12)19(21,22)23/h1,4-10,26H,11H2,2H3,(H,25,27). The highest BCUT2D eigenvalue weighted by Crippen LogP contribution is 2.27. The molecule has 0 bridgehead atoms. The molecule has 0 aliphatic carbocycles. The number of carbonyl (C=O) groups is 1. The highest BCUT2D eigenvalue weighted by atomic mass is 32.2. The molecular formula is C19H15F4N3O3S. The van der Waals surface area contributed by atoms with Gasteiger partial charge in [0, 0.05) is 18.8 Å². The normalized spacial score (nSPS) is 11.9. The quantitative estimate of drug-likeness (QED) is 0.410. The van der Waals surface area contributed by atoms with E-state index in [1.807, 2.05) is 4.72 Å². The molecule has 1 aromatic heterocycles. The van der Waals surface area contributed by atoms with Gasteiger partial charge in [0.2, 0.25) is 15.9 Å². The number of amides is 1. The monoisotopic (exact) mass is 441 g/mol. The van der Waals surface area contributed by atoms with Gasteiger partial charge in [0.1, 0.15) is 11.5 Å². The summed E-state index contributed by atoms with van der Waals surface area (Å²) in [5, 5.41) is 2.45. The first-order valence-corrected chi connectivity index (χ1v) is 10.0. The van der Waals surface area contributed by atoms with Crippen LogP contribution in [0, 0.1) is 18.2 Å². The van der Waals surface area contributed by atoms with Gasteiger partial charge in [-0.15, -0.1) is 6.42 Å². The molecule has 11 heteroatoms. The first-order chi connectivity index (χ1) is 13.9. The van der Waals surface area contributed by atoms with Crippen LogP contribution in [0.25, 0.3) is 6.08 Å². The topological polar surface area (TPSA) is 88.2 Å². The van der Waals surface area contributed by atoms with Crippen molar-refractivity contribution in [1.29, 1.82) is 0 Å². The van der Waals surface area contributed by atoms with Crippen molar-refractivity contribution in [1.82, 2.24) is 10.3 Å². The maximum atomic E-state index is 14.2. The zero-order chi connectivity index (χ0) is 22.5. The van der Waals surface area contributed by atoms with Crippen molar-refractivity contribution in [2.24, 2.45) is 0 Å². The van der Waals surface area contributed by atoms with Crippen LogP contribution in [0.15, 0.2) is 36.5 Å². The third-order valence-electron chi connectivity index (χ3n) is 3.56. The van der Waals surface area contributed by atoms with Crippen LogP contribution in [0.3, 0.4) is 0 Å². The number of alkyl halides is 3. The van der Waals surface area contributed by atoms with Crippen LogP contribution in [0.2, 0.25) is 0 Å². The Morgan fingerprint density at radius 2 is 2.00 bits per heavy atom. The molecule has 0 aliphatic heterocycles. The number of rotatable bonds is 6. The van der Waals surface area contributed by atoms with Crippen molar-refractivity contribution in [2.75, 3.05) is 11.0 Å². The van der Waals surface area contributed by atoms with E-state index < -0.39 is 33.6 Å². The van der Waals surface area contributed by atoms with Crippen molar-refractivity contribution in [3.8, 4) is 12.3 Å². The van der Waals surface area contributed by atoms with E-state index in [2.05, 4.69) is 16.2 Å². The Bertz CT molecular complexity index is 1120. The summed E-state index contributed by atoms with van der Waals surface area (Å²) in [6, 6.07) is 4.29. The Morgan fingerprint density at radius 3 is 2.53 bits per heavy atom. The Morgan fingerprint density at radius 1 is 1.30 bits per heavy atom. The van der Waals surface area contributed by atoms with E-state index in [-0.39, 0.29) is 28.9 Å². The molecule has 0 saturated carbocycles. The third-order valence-corrected chi connectivity index (χ3v) is 4.14. The Labute approximate surface area is 170 Å². The molecule has 1 aromatic carbocycles. The molecule has 2 N–H and O–H groups in total. The number of pyridine rings is 1. The summed E-state index contributed by atoms with van der Waals surface area (Å²) < 4.78 is 76.2. The number of hydrogen-bond acceptors (Lipinski definition) is 4. The summed E-state index contributed by atoms with van der Waals surface area (Å²) in [6.07, 6.45) is 4.87. The lowest BCUT2D eigenvalue weighted by Crippen LogP contribution is -2.20. The van der Waals surface area contributed by atoms with Crippen LogP contribution in [-0.4, -0.2) is 25.6 Å². The maximum absolute atomic E-state index is 14.2. The summed E-state index contributed by atoms with van der Waals surface area (Å²) in [4.78, 5) is 15.2. The molecule has 30 heavy (non-hydrogen) atoms. The fourth-order valence-corrected chi connectivity index (χ4v) is 2.84. The molecule has 0 aliphatic rings. The highest BCUT2D eigenvalue weighted by molar-refractivity contribution is 7.92. The van der Waals surface area contributed by atoms with Crippen LogP contribution in [-0.2, 0) is 27.5 Å². The van der Waals surface area contributed by atoms with Crippen molar-refractivity contribution < 1.29 is 30.8 Å². The fourth-order valence-electron chi connectivity index (χ4n) is 2.26. The number of aromatic nitrogens is 1. The zero-order valence-electron chi connectivity index (χ0n) is 15.4. The van der Waals surface area contributed by atoms with Crippen LogP contribution in [0.4, 0.5) is 23.2 Å². The Hall–Kier alpha value is -3.39. The second-order valence-electron chi connectivity index (χ2n) is 6.04. The summed E-state index contributed by atoms with van der Waals surface area (Å²) in [7, 11) is -3.75. The molecule has 1 heterocycles. The van der Waals surface area contributed by atoms with E-state index in [0.29, 0.717) is 0 Å². The third kappa shape index (κ3) is 6.59. The molecule has 158 valence electrons. The van der Waals surface area contributed by atoms with Crippen LogP contribution in [0.1, 0.15) is 22.4 Å². The SMILES string of the molecule is C#Cc1cc(CNC(=O)C=Cc2ccc(C(F)(F)F)nc2)cc(F)c1NS(C)(=O)=O. The lowest BCUT2D eigenvalue weighted by molar-refractivity contribution is -0.141. The number of carbonyl (C=O) groups excluding carboxylic acids is 1. The number of terminal acetylenes is 1. The van der Waals surface area contributed by atoms with Gasteiger partial charge in [0.15, 0.2) is 0 Å². The van der Waals surface area contributed by atoms with Gasteiger partial charge >= 0.3 is 6.18 Å². The lowest BCUT2D eigenvalue weighted by atomic mass is 10.1. The zero-order valence-corrected chi connectivity index (χ0v) is 16.2.